The van der Waals surface area contributed by atoms with Gasteiger partial charge in [-0.05, 0) is 31.0 Å². The zero-order valence-electron chi connectivity index (χ0n) is 14.7. The van der Waals surface area contributed by atoms with Crippen LogP contribution in [-0.2, 0) is 25.7 Å². The topological polar surface area (TPSA) is 75.7 Å². The van der Waals surface area contributed by atoms with Crippen molar-refractivity contribution in [2.45, 2.75) is 30.3 Å². The van der Waals surface area contributed by atoms with E-state index in [2.05, 4.69) is 4.72 Å². The van der Waals surface area contributed by atoms with Gasteiger partial charge in [0.1, 0.15) is 0 Å². The summed E-state index contributed by atoms with van der Waals surface area (Å²) in [5.74, 6) is -0.139. The van der Waals surface area contributed by atoms with Gasteiger partial charge in [-0.2, -0.15) is 13.2 Å². The molecule has 1 N–H and O–H groups in total. The van der Waals surface area contributed by atoms with Crippen molar-refractivity contribution >= 4 is 15.9 Å². The van der Waals surface area contributed by atoms with E-state index >= 15 is 0 Å². The fourth-order valence-electron chi connectivity index (χ4n) is 2.13. The van der Waals surface area contributed by atoms with Gasteiger partial charge in [0.2, 0.25) is 15.9 Å². The number of alkyl halides is 3. The van der Waals surface area contributed by atoms with Gasteiger partial charge >= 0.3 is 6.18 Å². The minimum atomic E-state index is -4.62. The predicted molar refractivity (Wildman–Crippen MR) is 90.0 cm³/mol. The fraction of sp³-hybridized carbons (Fsp3) is 0.562. The van der Waals surface area contributed by atoms with Crippen molar-refractivity contribution in [2.75, 3.05) is 33.9 Å². The summed E-state index contributed by atoms with van der Waals surface area (Å²) in [6.07, 6.45) is -3.55. The molecular formula is C16H23F3N2O4S. The first-order valence-electron chi connectivity index (χ1n) is 7.98. The Morgan fingerprint density at radius 3 is 2.58 bits per heavy atom. The van der Waals surface area contributed by atoms with E-state index in [0.717, 1.165) is 18.2 Å². The molecule has 0 bridgehead atoms. The lowest BCUT2D eigenvalue weighted by Crippen LogP contribution is -2.30. The average molecular weight is 396 g/mol. The van der Waals surface area contributed by atoms with Crippen LogP contribution in [0.2, 0.25) is 0 Å². The highest BCUT2D eigenvalue weighted by molar-refractivity contribution is 7.89. The Morgan fingerprint density at radius 1 is 1.27 bits per heavy atom. The summed E-state index contributed by atoms with van der Waals surface area (Å²) in [5, 5.41) is 0. The van der Waals surface area contributed by atoms with Crippen molar-refractivity contribution in [1.29, 1.82) is 0 Å². The van der Waals surface area contributed by atoms with Gasteiger partial charge in [0.25, 0.3) is 0 Å². The van der Waals surface area contributed by atoms with Gasteiger partial charge in [-0.15, -0.1) is 0 Å². The van der Waals surface area contributed by atoms with E-state index in [-0.39, 0.29) is 25.3 Å². The number of carbonyl (C=O) groups excluding carboxylic acids is 1. The van der Waals surface area contributed by atoms with Crippen LogP contribution in [0.5, 0.6) is 0 Å². The third-order valence-corrected chi connectivity index (χ3v) is 5.06. The summed E-state index contributed by atoms with van der Waals surface area (Å²) in [6.45, 7) is 1.02. The summed E-state index contributed by atoms with van der Waals surface area (Å²) in [5.41, 5.74) is -1.03. The van der Waals surface area contributed by atoms with Crippen molar-refractivity contribution in [1.82, 2.24) is 9.62 Å². The molecule has 0 saturated carbocycles. The van der Waals surface area contributed by atoms with Crippen LogP contribution in [0, 0.1) is 0 Å². The van der Waals surface area contributed by atoms with Gasteiger partial charge in [-0.25, -0.2) is 13.1 Å². The Morgan fingerprint density at radius 2 is 1.96 bits per heavy atom. The summed E-state index contributed by atoms with van der Waals surface area (Å²) in [7, 11) is -0.859. The number of sulfonamides is 1. The van der Waals surface area contributed by atoms with E-state index in [1.807, 2.05) is 0 Å². The maximum absolute atomic E-state index is 12.7. The lowest BCUT2D eigenvalue weighted by atomic mass is 10.2. The lowest BCUT2D eigenvalue weighted by Gasteiger charge is -2.17. The molecule has 0 radical (unpaired) electrons. The largest absolute Gasteiger partial charge is 0.416 e. The van der Waals surface area contributed by atoms with Gasteiger partial charge in [0.05, 0.1) is 10.5 Å². The standard InChI is InChI=1S/C16H23F3N2O4S/c1-21(10-5-11-25-2)15(22)8-4-9-20-26(23,24)14-7-3-6-13(12-14)16(17,18)19/h3,6-7,12,20H,4-5,8-11H2,1-2H3. The number of nitrogens with zero attached hydrogens (tertiary/aromatic N) is 1. The van der Waals surface area contributed by atoms with Gasteiger partial charge in [0.15, 0.2) is 0 Å². The van der Waals surface area contributed by atoms with Crippen molar-refractivity contribution in [2.24, 2.45) is 0 Å². The summed E-state index contributed by atoms with van der Waals surface area (Å²) >= 11 is 0. The molecule has 0 atom stereocenters. The Labute approximate surface area is 151 Å². The molecule has 0 heterocycles. The molecule has 1 rings (SSSR count). The fourth-order valence-corrected chi connectivity index (χ4v) is 3.25. The minimum Gasteiger partial charge on any atom is -0.385 e. The third-order valence-electron chi connectivity index (χ3n) is 3.60. The van der Waals surface area contributed by atoms with Crippen molar-refractivity contribution in [3.63, 3.8) is 0 Å². The second-order valence-corrected chi connectivity index (χ2v) is 7.46. The van der Waals surface area contributed by atoms with E-state index < -0.39 is 26.7 Å². The molecule has 1 aromatic carbocycles. The summed E-state index contributed by atoms with van der Waals surface area (Å²) in [6, 6.07) is 3.51. The van der Waals surface area contributed by atoms with E-state index in [4.69, 9.17) is 4.74 Å². The number of nitrogens with one attached hydrogen (secondary N) is 1. The van der Waals surface area contributed by atoms with Gasteiger partial charge in [-0.1, -0.05) is 6.07 Å². The number of ether oxygens (including phenoxy) is 1. The van der Waals surface area contributed by atoms with Gasteiger partial charge < -0.3 is 9.64 Å². The molecular weight excluding hydrogens is 373 g/mol. The molecule has 0 fully saturated rings. The first kappa shape index (κ1) is 22.4. The Balaban J connectivity index is 2.51. The molecule has 10 heteroatoms. The summed E-state index contributed by atoms with van der Waals surface area (Å²) < 4.78 is 69.3. The molecule has 0 spiro atoms. The van der Waals surface area contributed by atoms with Crippen LogP contribution in [0.4, 0.5) is 13.2 Å². The second kappa shape index (κ2) is 9.89. The Bertz CT molecular complexity index is 693. The zero-order chi connectivity index (χ0) is 19.8. The van der Waals surface area contributed by atoms with Crippen LogP contribution in [-0.4, -0.2) is 53.1 Å². The molecule has 0 aliphatic carbocycles. The highest BCUT2D eigenvalue weighted by atomic mass is 32.2. The van der Waals surface area contributed by atoms with Crippen LogP contribution in [0.15, 0.2) is 29.2 Å². The van der Waals surface area contributed by atoms with Crippen molar-refractivity contribution in [3.05, 3.63) is 29.8 Å². The quantitative estimate of drug-likeness (QED) is 0.616. The number of carbonyl (C=O) groups is 1. The van der Waals surface area contributed by atoms with Crippen LogP contribution in [0.3, 0.4) is 0 Å². The van der Waals surface area contributed by atoms with Crippen molar-refractivity contribution in [3.8, 4) is 0 Å². The molecule has 0 aromatic heterocycles. The number of rotatable bonds is 10. The monoisotopic (exact) mass is 396 g/mol. The summed E-state index contributed by atoms with van der Waals surface area (Å²) in [4.78, 5) is 12.9. The van der Waals surface area contributed by atoms with Crippen LogP contribution >= 0.6 is 0 Å². The minimum absolute atomic E-state index is 0.0454. The molecule has 0 saturated heterocycles. The average Bonchev–Trinajstić information content (AvgIpc) is 2.58. The third kappa shape index (κ3) is 7.30. The number of benzene rings is 1. The molecule has 148 valence electrons. The first-order chi connectivity index (χ1) is 12.1. The smallest absolute Gasteiger partial charge is 0.385 e. The Kier molecular flexibility index (Phi) is 8.51. The van der Waals surface area contributed by atoms with Crippen LogP contribution < -0.4 is 4.72 Å². The van der Waals surface area contributed by atoms with Crippen LogP contribution in [0.25, 0.3) is 0 Å². The van der Waals surface area contributed by atoms with E-state index in [1.54, 1.807) is 14.2 Å². The molecule has 26 heavy (non-hydrogen) atoms. The predicted octanol–water partition coefficient (Wildman–Crippen LogP) is 2.26. The molecule has 0 aliphatic heterocycles. The normalized spacial score (nSPS) is 12.2. The SMILES string of the molecule is COCCCN(C)C(=O)CCCNS(=O)(=O)c1cccc(C(F)(F)F)c1. The zero-order valence-corrected chi connectivity index (χ0v) is 15.5. The molecule has 1 aromatic rings. The number of methoxy groups -OCH3 is 1. The first-order valence-corrected chi connectivity index (χ1v) is 9.46. The number of hydrogen-bond donors (Lipinski definition) is 1. The van der Waals surface area contributed by atoms with Gasteiger partial charge in [-0.3, -0.25) is 4.79 Å². The molecule has 6 nitrogen and oxygen atoms in total. The van der Waals surface area contributed by atoms with E-state index in [0.29, 0.717) is 25.6 Å². The maximum Gasteiger partial charge on any atom is 0.416 e. The van der Waals surface area contributed by atoms with Crippen molar-refractivity contribution < 1.29 is 31.1 Å². The number of halogens is 3. The van der Waals surface area contributed by atoms with Gasteiger partial charge in [0, 0.05) is 40.3 Å². The van der Waals surface area contributed by atoms with Crippen LogP contribution in [0.1, 0.15) is 24.8 Å². The van der Waals surface area contributed by atoms with E-state index in [1.165, 1.54) is 4.90 Å². The lowest BCUT2D eigenvalue weighted by molar-refractivity contribution is -0.137. The molecule has 0 unspecified atom stereocenters. The number of amides is 1. The second-order valence-electron chi connectivity index (χ2n) is 5.69. The van der Waals surface area contributed by atoms with E-state index in [9.17, 15) is 26.4 Å². The highest BCUT2D eigenvalue weighted by Gasteiger charge is 2.31. The highest BCUT2D eigenvalue weighted by Crippen LogP contribution is 2.30. The molecule has 1 amide bonds. The maximum atomic E-state index is 12.7. The molecule has 0 aliphatic rings. The number of hydrogen-bond acceptors (Lipinski definition) is 4. The Hall–Kier alpha value is -1.65.